The van der Waals surface area contributed by atoms with Gasteiger partial charge in [-0.1, -0.05) is 31.5 Å². The van der Waals surface area contributed by atoms with Gasteiger partial charge >= 0.3 is 0 Å². The van der Waals surface area contributed by atoms with E-state index in [4.69, 9.17) is 11.6 Å². The number of nitrogens with zero attached hydrogens (tertiary/aromatic N) is 2. The van der Waals surface area contributed by atoms with Crippen molar-refractivity contribution in [3.8, 4) is 11.1 Å². The molecule has 1 aromatic carbocycles. The van der Waals surface area contributed by atoms with E-state index in [1.807, 2.05) is 45.9 Å². The minimum atomic E-state index is -0.592. The maximum Gasteiger partial charge on any atom is 0.263 e. The molecule has 3 nitrogen and oxygen atoms in total. The fourth-order valence-corrected chi connectivity index (χ4v) is 4.26. The fourth-order valence-electron chi connectivity index (χ4n) is 3.10. The predicted octanol–water partition coefficient (Wildman–Crippen LogP) is 5.49. The monoisotopic (exact) mass is 378 g/mol. The van der Waals surface area contributed by atoms with Gasteiger partial charge < -0.3 is 0 Å². The molecule has 0 aliphatic rings. The minimum absolute atomic E-state index is 0.0310. The van der Waals surface area contributed by atoms with Gasteiger partial charge in [-0.15, -0.1) is 11.3 Å². The Bertz CT molecular complexity index is 1010. The van der Waals surface area contributed by atoms with Crippen molar-refractivity contribution < 1.29 is 4.39 Å². The first-order chi connectivity index (χ1) is 11.8. The summed E-state index contributed by atoms with van der Waals surface area (Å²) in [6.07, 6.45) is 0. The molecule has 0 spiro atoms. The summed E-state index contributed by atoms with van der Waals surface area (Å²) in [6.45, 7) is 7.29. The van der Waals surface area contributed by atoms with Gasteiger partial charge in [-0.05, 0) is 37.1 Å². The van der Waals surface area contributed by atoms with Crippen LogP contribution in [-0.2, 0) is 6.54 Å². The van der Waals surface area contributed by atoms with Gasteiger partial charge in [-0.25, -0.2) is 9.37 Å². The molecule has 0 N–H and O–H groups in total. The first-order valence-electron chi connectivity index (χ1n) is 8.21. The summed E-state index contributed by atoms with van der Waals surface area (Å²) in [4.78, 5) is 19.6. The van der Waals surface area contributed by atoms with Crippen molar-refractivity contribution in [3.63, 3.8) is 0 Å². The van der Waals surface area contributed by atoms with Crippen LogP contribution in [0.4, 0.5) is 4.39 Å². The Labute approximate surface area is 155 Å². The van der Waals surface area contributed by atoms with Crippen molar-refractivity contribution in [2.75, 3.05) is 6.67 Å². The smallest absolute Gasteiger partial charge is 0.263 e. The zero-order chi connectivity index (χ0) is 18.3. The summed E-state index contributed by atoms with van der Waals surface area (Å²) in [5, 5.41) is 1.26. The van der Waals surface area contributed by atoms with Gasteiger partial charge in [0.05, 0.1) is 11.9 Å². The minimum Gasteiger partial charge on any atom is -0.293 e. The highest BCUT2D eigenvalue weighted by Crippen LogP contribution is 2.37. The third-order valence-corrected chi connectivity index (χ3v) is 5.71. The average Bonchev–Trinajstić information content (AvgIpc) is 2.89. The van der Waals surface area contributed by atoms with E-state index in [1.165, 1.54) is 15.9 Å². The van der Waals surface area contributed by atoms with Crippen LogP contribution in [0.25, 0.3) is 21.3 Å². The van der Waals surface area contributed by atoms with E-state index in [2.05, 4.69) is 4.98 Å². The van der Waals surface area contributed by atoms with Crippen LogP contribution in [-0.4, -0.2) is 16.2 Å². The van der Waals surface area contributed by atoms with Crippen LogP contribution < -0.4 is 5.56 Å². The van der Waals surface area contributed by atoms with Gasteiger partial charge in [-0.2, -0.15) is 0 Å². The first-order valence-corrected chi connectivity index (χ1v) is 9.41. The van der Waals surface area contributed by atoms with Crippen LogP contribution in [0.15, 0.2) is 23.0 Å². The van der Waals surface area contributed by atoms with E-state index in [1.54, 1.807) is 0 Å². The summed E-state index contributed by atoms with van der Waals surface area (Å²) < 4.78 is 14.5. The number of rotatable bonds is 4. The molecule has 0 aliphatic carbocycles. The van der Waals surface area contributed by atoms with E-state index < -0.39 is 6.67 Å². The van der Waals surface area contributed by atoms with Gasteiger partial charge in [-0.3, -0.25) is 9.36 Å². The van der Waals surface area contributed by atoms with E-state index in [9.17, 15) is 9.18 Å². The number of thiophene rings is 1. The molecule has 0 amide bonds. The summed E-state index contributed by atoms with van der Waals surface area (Å²) in [5.74, 6) is 0.683. The number of hydrogen-bond donors (Lipinski definition) is 0. The molecule has 132 valence electrons. The largest absolute Gasteiger partial charge is 0.293 e. The third kappa shape index (κ3) is 3.11. The second-order valence-corrected chi connectivity index (χ2v) is 8.06. The molecule has 0 bridgehead atoms. The Morgan fingerprint density at radius 1 is 1.32 bits per heavy atom. The van der Waals surface area contributed by atoms with Crippen molar-refractivity contribution in [1.82, 2.24) is 9.55 Å². The summed E-state index contributed by atoms with van der Waals surface area (Å²) in [7, 11) is 0. The zero-order valence-electron chi connectivity index (χ0n) is 14.7. The number of hydrogen-bond acceptors (Lipinski definition) is 3. The number of alkyl halides is 1. The first kappa shape index (κ1) is 18.1. The molecular weight excluding hydrogens is 359 g/mol. The molecular formula is C19H20ClFN2OS. The topological polar surface area (TPSA) is 34.9 Å². The van der Waals surface area contributed by atoms with Crippen LogP contribution in [0, 0.1) is 13.8 Å². The van der Waals surface area contributed by atoms with Crippen LogP contribution in [0.2, 0.25) is 5.02 Å². The normalized spacial score (nSPS) is 11.6. The molecule has 0 atom stereocenters. The number of aromatic nitrogens is 2. The summed E-state index contributed by atoms with van der Waals surface area (Å²) in [6, 6.07) is 5.73. The van der Waals surface area contributed by atoms with Crippen LogP contribution in [0.3, 0.4) is 0 Å². The summed E-state index contributed by atoms with van der Waals surface area (Å²) in [5.41, 5.74) is 2.60. The summed E-state index contributed by atoms with van der Waals surface area (Å²) >= 11 is 7.64. The Morgan fingerprint density at radius 3 is 2.64 bits per heavy atom. The molecule has 0 saturated carbocycles. The van der Waals surface area contributed by atoms with Gasteiger partial charge in [0.2, 0.25) is 0 Å². The molecule has 2 aromatic heterocycles. The molecule has 0 aliphatic heterocycles. The Morgan fingerprint density at radius 2 is 2.04 bits per heavy atom. The number of aryl methyl sites for hydroxylation is 2. The lowest BCUT2D eigenvalue weighted by molar-refractivity contribution is 0.428. The Kier molecular flexibility index (Phi) is 4.98. The van der Waals surface area contributed by atoms with E-state index >= 15 is 0 Å². The highest BCUT2D eigenvalue weighted by atomic mass is 35.5. The quantitative estimate of drug-likeness (QED) is 0.601. The highest BCUT2D eigenvalue weighted by molar-refractivity contribution is 7.19. The lowest BCUT2D eigenvalue weighted by Gasteiger charge is -2.14. The molecule has 6 heteroatoms. The second-order valence-electron chi connectivity index (χ2n) is 6.45. The van der Waals surface area contributed by atoms with Crippen LogP contribution in [0.5, 0.6) is 0 Å². The van der Waals surface area contributed by atoms with Gasteiger partial charge in [0.15, 0.2) is 0 Å². The molecule has 3 rings (SSSR count). The zero-order valence-corrected chi connectivity index (χ0v) is 16.3. The third-order valence-electron chi connectivity index (χ3n) is 4.29. The highest BCUT2D eigenvalue weighted by Gasteiger charge is 2.21. The van der Waals surface area contributed by atoms with E-state index in [-0.39, 0.29) is 18.0 Å². The number of fused-ring (bicyclic) bond motifs is 1. The number of halogens is 2. The van der Waals surface area contributed by atoms with Gasteiger partial charge in [0.25, 0.3) is 5.56 Å². The lowest BCUT2D eigenvalue weighted by Crippen LogP contribution is -2.26. The standard InChI is InChI=1S/C19H20ClFN2OS/c1-10(2)17-22-18-16(19(24)23(17)8-7-21)15(12(4)25-18)13-5-6-14(20)11(3)9-13/h5-6,9-10H,7-8H2,1-4H3. The Hall–Kier alpha value is -1.72. The van der Waals surface area contributed by atoms with Crippen molar-refractivity contribution in [2.45, 2.75) is 40.2 Å². The van der Waals surface area contributed by atoms with Crippen molar-refractivity contribution in [2.24, 2.45) is 0 Å². The van der Waals surface area contributed by atoms with Gasteiger partial charge in [0, 0.05) is 21.4 Å². The molecule has 0 saturated heterocycles. The lowest BCUT2D eigenvalue weighted by atomic mass is 10.0. The van der Waals surface area contributed by atoms with Crippen LogP contribution >= 0.6 is 22.9 Å². The maximum atomic E-state index is 13.1. The van der Waals surface area contributed by atoms with Crippen molar-refractivity contribution in [3.05, 3.63) is 49.8 Å². The SMILES string of the molecule is Cc1cc(-c2c(C)sc3nc(C(C)C)n(CCF)c(=O)c23)ccc1Cl. The molecule has 0 fully saturated rings. The van der Waals surface area contributed by atoms with Crippen LogP contribution in [0.1, 0.15) is 36.0 Å². The van der Waals surface area contributed by atoms with E-state index in [0.29, 0.717) is 21.1 Å². The van der Waals surface area contributed by atoms with Gasteiger partial charge in [0.1, 0.15) is 17.3 Å². The predicted molar refractivity (Wildman–Crippen MR) is 104 cm³/mol. The number of benzene rings is 1. The second kappa shape index (κ2) is 6.89. The molecule has 2 heterocycles. The molecule has 25 heavy (non-hydrogen) atoms. The molecule has 0 unspecified atom stereocenters. The fraction of sp³-hybridized carbons (Fsp3) is 0.368. The Balaban J connectivity index is 2.37. The maximum absolute atomic E-state index is 13.1. The van der Waals surface area contributed by atoms with E-state index in [0.717, 1.165) is 21.6 Å². The van der Waals surface area contributed by atoms with Crippen molar-refractivity contribution in [1.29, 1.82) is 0 Å². The van der Waals surface area contributed by atoms with Crippen molar-refractivity contribution >= 4 is 33.2 Å². The average molecular weight is 379 g/mol. The molecule has 0 radical (unpaired) electrons. The molecule has 3 aromatic rings.